The lowest BCUT2D eigenvalue weighted by Crippen LogP contribution is -2.32. The van der Waals surface area contributed by atoms with E-state index in [1.165, 1.54) is 17.4 Å². The van der Waals surface area contributed by atoms with Crippen LogP contribution in [0.5, 0.6) is 17.2 Å². The number of thiazole rings is 1. The topological polar surface area (TPSA) is 297 Å². The van der Waals surface area contributed by atoms with E-state index in [9.17, 15) is 29.4 Å². The number of furan rings is 1. The van der Waals surface area contributed by atoms with Gasteiger partial charge >= 0.3 is 18.1 Å². The molecule has 3 aliphatic rings. The summed E-state index contributed by atoms with van der Waals surface area (Å²) in [5.74, 6) is 0.750. The number of fused-ring (bicyclic) bond motifs is 10. The Morgan fingerprint density at radius 2 is 0.810 bits per heavy atom. The number of ether oxygens (including phenoxy) is 3. The van der Waals surface area contributed by atoms with Gasteiger partial charge < -0.3 is 56.9 Å². The number of halogens is 6. The van der Waals surface area contributed by atoms with Crippen LogP contribution in [0.3, 0.4) is 0 Å². The molecule has 7 aromatic carbocycles. The number of amides is 3. The number of carbonyl (C=O) groups is 5. The molecule has 9 aromatic heterocycles. The average Bonchev–Trinajstić information content (AvgIpc) is 1.55. The molecule has 16 aromatic rings. The third-order valence-electron chi connectivity index (χ3n) is 27.3. The number of para-hydroxylation sites is 1. The van der Waals surface area contributed by atoms with Crippen molar-refractivity contribution >= 4 is 171 Å². The van der Waals surface area contributed by atoms with Crippen LogP contribution in [-0.4, -0.2) is 143 Å². The number of carbonyl (C=O) groups excluding carboxylic acids is 5. The molecular formula is C108H110Cl6N14O13S. The highest BCUT2D eigenvalue weighted by Gasteiger charge is 2.39. The molecule has 12 heterocycles. The van der Waals surface area contributed by atoms with Crippen molar-refractivity contribution in [1.29, 1.82) is 0 Å². The van der Waals surface area contributed by atoms with Crippen molar-refractivity contribution in [2.75, 3.05) is 49.3 Å². The van der Waals surface area contributed by atoms with Crippen LogP contribution < -0.4 is 24.0 Å². The summed E-state index contributed by atoms with van der Waals surface area (Å²) in [5.41, 5.74) is 28.3. The van der Waals surface area contributed by atoms with Gasteiger partial charge in [0.2, 0.25) is 0 Å². The second-order valence-corrected chi connectivity index (χ2v) is 39.8. The number of benzene rings is 7. The van der Waals surface area contributed by atoms with Crippen LogP contribution in [0.2, 0.25) is 30.1 Å². The van der Waals surface area contributed by atoms with Crippen LogP contribution in [0.1, 0.15) is 186 Å². The molecule has 3 amide bonds. The Hall–Kier alpha value is -12.9. The zero-order valence-electron chi connectivity index (χ0n) is 82.2. The van der Waals surface area contributed by atoms with Gasteiger partial charge in [-0.1, -0.05) is 99.9 Å². The number of rotatable bonds is 24. The van der Waals surface area contributed by atoms with Gasteiger partial charge in [-0.05, 0) is 265 Å². The summed E-state index contributed by atoms with van der Waals surface area (Å²) in [4.78, 5) is 93.6. The molecule has 0 fully saturated rings. The van der Waals surface area contributed by atoms with Gasteiger partial charge in [-0.15, -0.1) is 11.3 Å². The van der Waals surface area contributed by atoms with Crippen molar-refractivity contribution in [2.45, 2.75) is 174 Å². The van der Waals surface area contributed by atoms with E-state index in [0.29, 0.717) is 159 Å². The highest BCUT2D eigenvalue weighted by Crippen LogP contribution is 2.49. The minimum atomic E-state index is -1.06. The van der Waals surface area contributed by atoms with Crippen LogP contribution in [0.4, 0.5) is 10.7 Å². The van der Waals surface area contributed by atoms with E-state index in [4.69, 9.17) is 103 Å². The van der Waals surface area contributed by atoms with Crippen molar-refractivity contribution in [2.24, 2.45) is 28.2 Å². The molecule has 0 radical (unpaired) electrons. The summed E-state index contributed by atoms with van der Waals surface area (Å²) in [6.07, 6.45) is 9.77. The molecule has 34 heteroatoms. The van der Waals surface area contributed by atoms with E-state index in [2.05, 4.69) is 41.9 Å². The van der Waals surface area contributed by atoms with E-state index in [1.807, 2.05) is 207 Å². The van der Waals surface area contributed by atoms with Crippen molar-refractivity contribution < 1.29 is 62.4 Å². The summed E-state index contributed by atoms with van der Waals surface area (Å²) in [6.45, 7) is 30.6. The van der Waals surface area contributed by atoms with Gasteiger partial charge in [-0.2, -0.15) is 24.9 Å². The Balaban J connectivity index is 0.000000152. The summed E-state index contributed by atoms with van der Waals surface area (Å²) in [5, 5.41) is 42.1. The first-order chi connectivity index (χ1) is 67.8. The highest BCUT2D eigenvalue weighted by atomic mass is 35.5. The Morgan fingerprint density at radius 1 is 0.444 bits per heavy atom. The molecule has 0 bridgehead atoms. The summed E-state index contributed by atoms with van der Waals surface area (Å²) >= 11 is 41.6. The van der Waals surface area contributed by atoms with Gasteiger partial charge in [-0.25, -0.2) is 9.59 Å². The number of carboxylic acids is 2. The Labute approximate surface area is 855 Å². The molecule has 27 nitrogen and oxygen atoms in total. The second-order valence-electron chi connectivity index (χ2n) is 36.6. The molecule has 2 N–H and O–H groups in total. The lowest BCUT2D eigenvalue weighted by Gasteiger charge is -2.23. The number of carboxylic acid groups (broad SMARTS) is 2. The minimum absolute atomic E-state index is 0.00507. The quantitative estimate of drug-likeness (QED) is 0.0531. The first-order valence-corrected chi connectivity index (χ1v) is 50.1. The van der Waals surface area contributed by atoms with Crippen molar-refractivity contribution in [3.8, 4) is 50.6 Å². The third kappa shape index (κ3) is 19.5. The zero-order valence-corrected chi connectivity index (χ0v) is 87.6. The fraction of sp³-hybridized carbons (Fsp3) is 0.333. The third-order valence-corrected chi connectivity index (χ3v) is 30.8. The Kier molecular flexibility index (Phi) is 30.4. The van der Waals surface area contributed by atoms with E-state index in [-0.39, 0.29) is 41.5 Å². The first-order valence-electron chi connectivity index (χ1n) is 47.0. The lowest BCUT2D eigenvalue weighted by atomic mass is 9.98. The largest absolute Gasteiger partial charge is 0.494 e. The molecule has 3 aliphatic heterocycles. The fourth-order valence-electron chi connectivity index (χ4n) is 20.7. The smallest absolute Gasteiger partial charge is 0.373 e. The fourth-order valence-corrected chi connectivity index (χ4v) is 22.5. The van der Waals surface area contributed by atoms with Crippen LogP contribution in [0, 0.1) is 90.0 Å². The Morgan fingerprint density at radius 3 is 1.16 bits per heavy atom. The summed E-state index contributed by atoms with van der Waals surface area (Å²) in [6, 6.07) is 30.6. The summed E-state index contributed by atoms with van der Waals surface area (Å²) < 4.78 is 38.2. The number of nitrogens with zero attached hydrogens (tertiary/aromatic N) is 14. The van der Waals surface area contributed by atoms with Gasteiger partial charge in [0, 0.05) is 161 Å². The average molecular weight is 2060 g/mol. The maximum atomic E-state index is 15.0. The maximum Gasteiger partial charge on any atom is 0.373 e. The van der Waals surface area contributed by atoms with Crippen LogP contribution in [-0.2, 0) is 83.2 Å². The SMILES string of the molecule is Cc1cc(OCCCc2c3n(c4c(-c5c(C)nn(C)c5C)c(Cl)ccc24)CCCN(Cc2cc(C(=O)O)c(C)o2)C3=O)cc(C)c1Cl.Cc1cc(OCCCc2c3n(c4c(-c5c(C)nn(C)c5C)c(Cl)ccc24)CCCN(c2cccc4c(C(=O)O)cn(C)c24)C3=O)cc(C)c1Cl.Cc1cc(OCCCc2c3n(c4c(-c5c(C)nn(C)c5C)c(Cl)ccc24)CCCN(c2cncs2)C3=O)cc(C)c1Cl.O=C=O. The second kappa shape index (κ2) is 42.3. The van der Waals surface area contributed by atoms with Crippen molar-refractivity contribution in [3.05, 3.63) is 269 Å². The zero-order chi connectivity index (χ0) is 102. The minimum Gasteiger partial charge on any atom is -0.494 e. The number of aryl methyl sites for hydroxylation is 20. The maximum absolute atomic E-state index is 15.0. The first kappa shape index (κ1) is 102. The number of hydrogen-bond donors (Lipinski definition) is 2. The molecule has 0 saturated heterocycles. The van der Waals surface area contributed by atoms with Gasteiger partial charge in [0.25, 0.3) is 17.7 Å². The normalized spacial score (nSPS) is 13.2. The summed E-state index contributed by atoms with van der Waals surface area (Å²) in [7, 11) is 7.61. The van der Waals surface area contributed by atoms with Gasteiger partial charge in [-0.3, -0.25) is 38.3 Å². The highest BCUT2D eigenvalue weighted by molar-refractivity contribution is 7.14. The molecule has 738 valence electrons. The van der Waals surface area contributed by atoms with Crippen molar-refractivity contribution in [1.82, 2.24) is 57.5 Å². The van der Waals surface area contributed by atoms with E-state index in [1.54, 1.807) is 40.4 Å². The number of anilines is 2. The molecule has 0 aliphatic carbocycles. The predicted molar refractivity (Wildman–Crippen MR) is 559 cm³/mol. The van der Waals surface area contributed by atoms with Gasteiger partial charge in [0.05, 0.1) is 104 Å². The van der Waals surface area contributed by atoms with E-state index < -0.39 is 11.9 Å². The molecule has 142 heavy (non-hydrogen) atoms. The van der Waals surface area contributed by atoms with Crippen LogP contribution in [0.15, 0.2) is 119 Å². The van der Waals surface area contributed by atoms with E-state index >= 15 is 4.79 Å². The monoisotopic (exact) mass is 2050 g/mol. The van der Waals surface area contributed by atoms with Gasteiger partial charge in [0.15, 0.2) is 0 Å². The predicted octanol–water partition coefficient (Wildman–Crippen LogP) is 24.6. The van der Waals surface area contributed by atoms with Crippen LogP contribution in [0.25, 0.3) is 77.0 Å². The number of aromatic carboxylic acids is 2. The van der Waals surface area contributed by atoms with Gasteiger partial charge in [0.1, 0.15) is 56.4 Å². The molecule has 19 rings (SSSR count). The van der Waals surface area contributed by atoms with E-state index in [0.717, 1.165) is 206 Å². The van der Waals surface area contributed by atoms with Crippen LogP contribution >= 0.6 is 80.9 Å². The van der Waals surface area contributed by atoms with Crippen molar-refractivity contribution in [3.63, 3.8) is 0 Å². The molecular weight excluding hydrogens is 1950 g/mol. The molecule has 0 saturated carbocycles. The molecule has 0 spiro atoms. The Bertz CT molecular complexity index is 7700. The number of aromatic nitrogens is 11. The molecule has 0 atom stereocenters. The molecule has 0 unspecified atom stereocenters. The standard InChI is InChI=1S/C39H39Cl2N5O4.C36H38Cl2N4O5.C32H33Cl2N5O2S.CO2/c1-21-18-25(19-22(2)34(21)41)50-17-8-11-26-28-13-14-30(40)33(32-23(3)42-44(6)24(32)4)36(28)46-16-9-15-45(38(47)37(26)46)31-12-7-10-27-29(39(48)49)20-43(5)35(27)31;1-19-15-24(16-20(2)32(19)38)46-14-7-9-26-27-10-11-29(37)31(30-21(3)39-40(6)22(30)4)33(27)42-13-8-12-41(35(43)34(26)42)18-25-17-28(36(44)45)23(5)47-25;1-18-14-22(15-19(2)29(18)34)41-13-6-8-23-24-9-10-25(33)28(27-20(3)36-37(5)21(27)4)30(24)39-12-7-11-38(32(40)31(23)39)26-16-35-17-42-26;2-1-3/h7,10,12-14,18-20H,8-9,11,15-17H2,1-6H3,(H,48,49);10-11,15-17H,7-9,12-14,18H2,1-6H3,(H,44,45);9-10,14-17H,6-8,11-13H2,1-5H3;. The number of hydrogen-bond acceptors (Lipinski definition) is 16. The lowest BCUT2D eigenvalue weighted by molar-refractivity contribution is -0.191.